The minimum absolute atomic E-state index is 0.0227. The zero-order valence-electron chi connectivity index (χ0n) is 18.7. The quantitative estimate of drug-likeness (QED) is 0.509. The lowest BCUT2D eigenvalue weighted by Gasteiger charge is -2.51. The van der Waals surface area contributed by atoms with Crippen molar-refractivity contribution in [3.8, 4) is 5.75 Å². The number of benzene rings is 2. The molecule has 2 aromatic rings. The van der Waals surface area contributed by atoms with Crippen molar-refractivity contribution >= 4 is 31.5 Å². The van der Waals surface area contributed by atoms with E-state index in [1.165, 1.54) is 49.4 Å². The molecule has 4 rings (SSSR count). The summed E-state index contributed by atoms with van der Waals surface area (Å²) in [4.78, 5) is -0.0227. The van der Waals surface area contributed by atoms with Crippen molar-refractivity contribution < 1.29 is 30.4 Å². The highest BCUT2D eigenvalue weighted by molar-refractivity contribution is 7.92. The van der Waals surface area contributed by atoms with E-state index in [-0.39, 0.29) is 42.2 Å². The van der Waals surface area contributed by atoms with Gasteiger partial charge in [0.1, 0.15) is 4.75 Å². The molecule has 1 fully saturated rings. The molecular formula is C23H26ClF2NO5S2. The molecule has 4 unspecified atom stereocenters. The molecule has 4 atom stereocenters. The second kappa shape index (κ2) is 9.04. The Balaban J connectivity index is 1.94. The summed E-state index contributed by atoms with van der Waals surface area (Å²) < 4.78 is 88.4. The first kappa shape index (κ1) is 25.3. The van der Waals surface area contributed by atoms with Crippen LogP contribution < -0.4 is 4.74 Å². The lowest BCUT2D eigenvalue weighted by atomic mass is 9.67. The number of para-hydroxylation sites is 1. The number of ether oxygens (including phenoxy) is 1. The van der Waals surface area contributed by atoms with Crippen LogP contribution in [0.3, 0.4) is 0 Å². The van der Waals surface area contributed by atoms with Crippen molar-refractivity contribution in [2.45, 2.75) is 42.1 Å². The Morgan fingerprint density at radius 3 is 2.47 bits per heavy atom. The highest BCUT2D eigenvalue weighted by Gasteiger charge is 2.61. The fourth-order valence-electron chi connectivity index (χ4n) is 5.52. The van der Waals surface area contributed by atoms with Gasteiger partial charge in [-0.25, -0.2) is 25.6 Å². The van der Waals surface area contributed by atoms with E-state index in [1.54, 1.807) is 0 Å². The van der Waals surface area contributed by atoms with Gasteiger partial charge in [0.05, 0.1) is 17.8 Å². The standard InChI is InChI=1S/C23H26ClF2NO5S2/c1-3-27(33(2,28)29)22(26)17-6-5-13-23(34(30,31)16-11-9-15(24)10-12-16)18-7-4-8-20(25)21(18)32-14-19(17)23/h4,7-12,17,19,22H,3,5-6,13-14H2,1-2H3. The number of alkyl halides is 1. The third-order valence-corrected chi connectivity index (χ3v) is 11.1. The van der Waals surface area contributed by atoms with Crippen molar-refractivity contribution in [1.29, 1.82) is 0 Å². The van der Waals surface area contributed by atoms with Gasteiger partial charge in [0.2, 0.25) is 10.0 Å². The molecule has 0 spiro atoms. The van der Waals surface area contributed by atoms with Crippen LogP contribution in [0, 0.1) is 17.7 Å². The van der Waals surface area contributed by atoms with E-state index in [2.05, 4.69) is 0 Å². The van der Waals surface area contributed by atoms with Gasteiger partial charge in [-0.1, -0.05) is 37.1 Å². The van der Waals surface area contributed by atoms with Crippen LogP contribution in [0.15, 0.2) is 47.4 Å². The Morgan fingerprint density at radius 2 is 1.85 bits per heavy atom. The molecule has 2 aliphatic rings. The molecule has 0 amide bonds. The van der Waals surface area contributed by atoms with Crippen molar-refractivity contribution in [3.05, 3.63) is 58.9 Å². The van der Waals surface area contributed by atoms with E-state index in [4.69, 9.17) is 16.3 Å². The third-order valence-electron chi connectivity index (χ3n) is 7.00. The van der Waals surface area contributed by atoms with E-state index < -0.39 is 48.6 Å². The Bertz CT molecular complexity index is 1290. The molecule has 0 radical (unpaired) electrons. The van der Waals surface area contributed by atoms with Crippen LogP contribution in [0.4, 0.5) is 8.78 Å². The van der Waals surface area contributed by atoms with Gasteiger partial charge in [0, 0.05) is 29.0 Å². The molecule has 34 heavy (non-hydrogen) atoms. The second-order valence-corrected chi connectivity index (χ2v) is 13.4. The predicted molar refractivity (Wildman–Crippen MR) is 125 cm³/mol. The van der Waals surface area contributed by atoms with Crippen LogP contribution >= 0.6 is 11.6 Å². The van der Waals surface area contributed by atoms with Crippen molar-refractivity contribution in [2.24, 2.45) is 11.8 Å². The molecule has 6 nitrogen and oxygen atoms in total. The van der Waals surface area contributed by atoms with Crippen molar-refractivity contribution in [3.63, 3.8) is 0 Å². The monoisotopic (exact) mass is 533 g/mol. The summed E-state index contributed by atoms with van der Waals surface area (Å²) in [5.41, 5.74) is 0.137. The van der Waals surface area contributed by atoms with E-state index >= 15 is 4.39 Å². The smallest absolute Gasteiger partial charge is 0.213 e. The van der Waals surface area contributed by atoms with Crippen LogP contribution in [0.5, 0.6) is 5.75 Å². The normalized spacial score (nSPS) is 25.8. The molecule has 1 saturated carbocycles. The third kappa shape index (κ3) is 3.92. The Kier molecular flexibility index (Phi) is 6.74. The molecule has 0 N–H and O–H groups in total. The molecular weight excluding hydrogens is 508 g/mol. The zero-order valence-corrected chi connectivity index (χ0v) is 21.1. The number of sulfonamides is 1. The molecule has 0 aromatic heterocycles. The number of nitrogens with zero attached hydrogens (tertiary/aromatic N) is 1. The first-order valence-electron chi connectivity index (χ1n) is 11.0. The average Bonchev–Trinajstić information content (AvgIpc) is 2.78. The van der Waals surface area contributed by atoms with Gasteiger partial charge < -0.3 is 4.74 Å². The minimum atomic E-state index is -4.20. The number of halogens is 3. The van der Waals surface area contributed by atoms with Gasteiger partial charge in [-0.05, 0) is 43.2 Å². The van der Waals surface area contributed by atoms with E-state index in [0.29, 0.717) is 11.4 Å². The van der Waals surface area contributed by atoms with Gasteiger partial charge in [-0.3, -0.25) is 0 Å². The molecule has 1 aliphatic heterocycles. The molecule has 1 aliphatic carbocycles. The van der Waals surface area contributed by atoms with Crippen LogP contribution in [0.2, 0.25) is 5.02 Å². The predicted octanol–water partition coefficient (Wildman–Crippen LogP) is 4.53. The Hall–Kier alpha value is -1.75. The molecule has 2 aromatic carbocycles. The van der Waals surface area contributed by atoms with Crippen LogP contribution in [0.1, 0.15) is 31.7 Å². The number of rotatable bonds is 6. The largest absolute Gasteiger partial charge is 0.490 e. The number of sulfone groups is 1. The Morgan fingerprint density at radius 1 is 1.18 bits per heavy atom. The number of fused-ring (bicyclic) bond motifs is 3. The number of hydrogen-bond acceptors (Lipinski definition) is 5. The summed E-state index contributed by atoms with van der Waals surface area (Å²) in [5, 5.41) is 0.350. The van der Waals surface area contributed by atoms with Crippen molar-refractivity contribution in [1.82, 2.24) is 4.31 Å². The molecule has 186 valence electrons. The SMILES string of the molecule is CCN(C(F)C1CCCC2(S(=O)(=O)c3ccc(Cl)cc3)c3cccc(F)c3OCC12)S(C)(=O)=O. The summed E-state index contributed by atoms with van der Waals surface area (Å²) in [6, 6.07) is 9.75. The lowest BCUT2D eigenvalue weighted by molar-refractivity contribution is -0.00776. The molecule has 11 heteroatoms. The lowest BCUT2D eigenvalue weighted by Crippen LogP contribution is -2.57. The molecule has 0 bridgehead atoms. The molecule has 1 heterocycles. The van der Waals surface area contributed by atoms with Crippen LogP contribution in [0.25, 0.3) is 0 Å². The highest BCUT2D eigenvalue weighted by Crippen LogP contribution is 2.58. The topological polar surface area (TPSA) is 80.8 Å². The van der Waals surface area contributed by atoms with Gasteiger partial charge in [0.15, 0.2) is 27.7 Å². The van der Waals surface area contributed by atoms with E-state index in [1.807, 2.05) is 0 Å². The van der Waals surface area contributed by atoms with Gasteiger partial charge >= 0.3 is 0 Å². The highest BCUT2D eigenvalue weighted by atomic mass is 35.5. The maximum atomic E-state index is 15.9. The first-order valence-corrected chi connectivity index (χ1v) is 14.7. The number of hydrogen-bond donors (Lipinski definition) is 0. The van der Waals surface area contributed by atoms with Gasteiger partial charge in [-0.15, -0.1) is 0 Å². The fraction of sp³-hybridized carbons (Fsp3) is 0.478. The fourth-order valence-corrected chi connectivity index (χ4v) is 9.06. The summed E-state index contributed by atoms with van der Waals surface area (Å²) >= 11 is 5.97. The average molecular weight is 534 g/mol. The maximum absolute atomic E-state index is 15.9. The van der Waals surface area contributed by atoms with Crippen LogP contribution in [-0.2, 0) is 24.6 Å². The second-order valence-electron chi connectivity index (χ2n) is 8.78. The van der Waals surface area contributed by atoms with Crippen LogP contribution in [-0.4, -0.2) is 46.8 Å². The maximum Gasteiger partial charge on any atom is 0.213 e. The zero-order chi connectivity index (χ0) is 24.9. The summed E-state index contributed by atoms with van der Waals surface area (Å²) in [5.74, 6) is -2.78. The van der Waals surface area contributed by atoms with Gasteiger partial charge in [-0.2, -0.15) is 4.31 Å². The Labute approximate surface area is 203 Å². The summed E-state index contributed by atoms with van der Waals surface area (Å²) in [7, 11) is -8.09. The first-order chi connectivity index (χ1) is 15.9. The summed E-state index contributed by atoms with van der Waals surface area (Å²) in [6.07, 6.45) is -0.332. The van der Waals surface area contributed by atoms with E-state index in [0.717, 1.165) is 10.6 Å². The van der Waals surface area contributed by atoms with Crippen molar-refractivity contribution in [2.75, 3.05) is 19.4 Å². The molecule has 0 saturated heterocycles. The summed E-state index contributed by atoms with van der Waals surface area (Å²) in [6.45, 7) is 1.16. The van der Waals surface area contributed by atoms with Gasteiger partial charge in [0.25, 0.3) is 0 Å². The minimum Gasteiger partial charge on any atom is -0.490 e. The van der Waals surface area contributed by atoms with E-state index in [9.17, 15) is 21.2 Å².